The topological polar surface area (TPSA) is 102 Å². The van der Waals surface area contributed by atoms with Crippen LogP contribution in [-0.2, 0) is 31.0 Å². The summed E-state index contributed by atoms with van der Waals surface area (Å²) < 4.78 is 36.1. The van der Waals surface area contributed by atoms with Crippen molar-refractivity contribution in [2.75, 3.05) is 13.2 Å². The van der Waals surface area contributed by atoms with Gasteiger partial charge in [0.15, 0.2) is 0 Å². The van der Waals surface area contributed by atoms with Crippen LogP contribution >= 0.6 is 7.60 Å². The molecule has 2 aromatic carbocycles. The van der Waals surface area contributed by atoms with Crippen molar-refractivity contribution in [1.82, 2.24) is 5.32 Å². The van der Waals surface area contributed by atoms with Gasteiger partial charge < -0.3 is 19.5 Å². The quantitative estimate of drug-likeness (QED) is 0.515. The molecule has 0 aromatic heterocycles. The predicted molar refractivity (Wildman–Crippen MR) is 110 cm³/mol. The zero-order valence-corrected chi connectivity index (χ0v) is 17.7. The average Bonchev–Trinajstić information content (AvgIpc) is 2.69. The summed E-state index contributed by atoms with van der Waals surface area (Å²) in [6.07, 6.45) is 0.0875. The maximum Gasteiger partial charge on any atom is 0.335 e. The standard InChI is InChI=1S/C21H25FNO6P/c1-3-28-30(27,29-4-2)14-16-5-9-17(10-6-16)20(24)23-19(21(25)26)13-15-7-11-18(22)12-8-15/h5-12,19H,3-4,13-14H2,1-2H3,(H,23,24)(H,25,26)/t19-/m1/s1. The largest absolute Gasteiger partial charge is 0.480 e. The van der Waals surface area contributed by atoms with Gasteiger partial charge in [-0.3, -0.25) is 9.36 Å². The van der Waals surface area contributed by atoms with E-state index in [-0.39, 0.29) is 31.4 Å². The van der Waals surface area contributed by atoms with Gasteiger partial charge in [-0.05, 0) is 49.2 Å². The number of hydrogen-bond acceptors (Lipinski definition) is 5. The molecule has 0 unspecified atom stereocenters. The average molecular weight is 437 g/mol. The fourth-order valence-electron chi connectivity index (χ4n) is 2.80. The zero-order chi connectivity index (χ0) is 22.1. The highest BCUT2D eigenvalue weighted by atomic mass is 31.2. The molecule has 0 aliphatic heterocycles. The first-order chi connectivity index (χ1) is 14.3. The van der Waals surface area contributed by atoms with Crippen molar-refractivity contribution in [3.63, 3.8) is 0 Å². The Labute approximate surface area is 174 Å². The molecule has 2 N–H and O–H groups in total. The molecule has 1 atom stereocenters. The van der Waals surface area contributed by atoms with Crippen molar-refractivity contribution >= 4 is 19.5 Å². The highest BCUT2D eigenvalue weighted by Gasteiger charge is 2.25. The smallest absolute Gasteiger partial charge is 0.335 e. The molecule has 2 aromatic rings. The van der Waals surface area contributed by atoms with Crippen LogP contribution in [0.3, 0.4) is 0 Å². The molecular weight excluding hydrogens is 412 g/mol. The lowest BCUT2D eigenvalue weighted by Crippen LogP contribution is -2.42. The number of carbonyl (C=O) groups is 2. The van der Waals surface area contributed by atoms with Crippen LogP contribution in [0.1, 0.15) is 35.3 Å². The van der Waals surface area contributed by atoms with Gasteiger partial charge in [-0.1, -0.05) is 24.3 Å². The normalized spacial score (nSPS) is 12.4. The molecule has 0 spiro atoms. The van der Waals surface area contributed by atoms with Gasteiger partial charge in [0.05, 0.1) is 19.4 Å². The summed E-state index contributed by atoms with van der Waals surface area (Å²) >= 11 is 0. The summed E-state index contributed by atoms with van der Waals surface area (Å²) in [5.74, 6) is -2.18. The van der Waals surface area contributed by atoms with Crippen molar-refractivity contribution in [2.45, 2.75) is 32.5 Å². The molecule has 9 heteroatoms. The number of amides is 1. The number of aliphatic carboxylic acids is 1. The van der Waals surface area contributed by atoms with Crippen LogP contribution in [-0.4, -0.2) is 36.2 Å². The van der Waals surface area contributed by atoms with Crippen molar-refractivity contribution < 1.29 is 32.7 Å². The molecule has 0 radical (unpaired) electrons. The zero-order valence-electron chi connectivity index (χ0n) is 16.8. The molecule has 0 aliphatic rings. The van der Waals surface area contributed by atoms with Gasteiger partial charge in [0, 0.05) is 12.0 Å². The number of benzene rings is 2. The van der Waals surface area contributed by atoms with Crippen LogP contribution < -0.4 is 5.32 Å². The van der Waals surface area contributed by atoms with Crippen LogP contribution in [0.25, 0.3) is 0 Å². The Hall–Kier alpha value is -2.54. The van der Waals surface area contributed by atoms with E-state index >= 15 is 0 Å². The van der Waals surface area contributed by atoms with E-state index in [0.29, 0.717) is 11.1 Å². The highest BCUT2D eigenvalue weighted by molar-refractivity contribution is 7.53. The second-order valence-electron chi connectivity index (χ2n) is 6.50. The van der Waals surface area contributed by atoms with E-state index in [4.69, 9.17) is 9.05 Å². The molecule has 2 rings (SSSR count). The van der Waals surface area contributed by atoms with Gasteiger partial charge in [0.2, 0.25) is 0 Å². The van der Waals surface area contributed by atoms with E-state index < -0.39 is 31.3 Å². The Morgan fingerprint density at radius 3 is 2.03 bits per heavy atom. The Morgan fingerprint density at radius 2 is 1.53 bits per heavy atom. The molecule has 0 fully saturated rings. The van der Waals surface area contributed by atoms with Gasteiger partial charge in [-0.25, -0.2) is 9.18 Å². The molecule has 0 saturated heterocycles. The van der Waals surface area contributed by atoms with Gasteiger partial charge >= 0.3 is 13.6 Å². The van der Waals surface area contributed by atoms with E-state index in [0.717, 1.165) is 0 Å². The number of rotatable bonds is 11. The lowest BCUT2D eigenvalue weighted by Gasteiger charge is -2.17. The Bertz CT molecular complexity index is 891. The SMILES string of the molecule is CCOP(=O)(Cc1ccc(C(=O)N[C@H](Cc2ccc(F)cc2)C(=O)O)cc1)OCC. The summed E-state index contributed by atoms with van der Waals surface area (Å²) in [5.41, 5.74) is 1.51. The first-order valence-corrected chi connectivity index (χ1v) is 11.2. The maximum atomic E-state index is 13.0. The molecular formula is C21H25FNO6P. The van der Waals surface area contributed by atoms with Crippen molar-refractivity contribution in [1.29, 1.82) is 0 Å². The van der Waals surface area contributed by atoms with Crippen LogP contribution in [0.2, 0.25) is 0 Å². The molecule has 1 amide bonds. The summed E-state index contributed by atoms with van der Waals surface area (Å²) in [6.45, 7) is 3.96. The highest BCUT2D eigenvalue weighted by Crippen LogP contribution is 2.51. The molecule has 0 aliphatic carbocycles. The Kier molecular flexibility index (Phi) is 8.72. The number of carboxylic acid groups (broad SMARTS) is 1. The third-order valence-electron chi connectivity index (χ3n) is 4.20. The van der Waals surface area contributed by atoms with E-state index in [1.165, 1.54) is 36.4 Å². The fraction of sp³-hybridized carbons (Fsp3) is 0.333. The van der Waals surface area contributed by atoms with Crippen molar-refractivity contribution in [2.24, 2.45) is 0 Å². The third-order valence-corrected chi connectivity index (χ3v) is 6.26. The van der Waals surface area contributed by atoms with Crippen molar-refractivity contribution in [3.05, 3.63) is 71.0 Å². The summed E-state index contributed by atoms with van der Waals surface area (Å²) in [7, 11) is -3.26. The number of carbonyl (C=O) groups excluding carboxylic acids is 1. The molecule has 7 nitrogen and oxygen atoms in total. The van der Waals surface area contributed by atoms with E-state index in [2.05, 4.69) is 5.32 Å². The van der Waals surface area contributed by atoms with Crippen LogP contribution in [0.5, 0.6) is 0 Å². The predicted octanol–water partition coefficient (Wildman–Crippen LogP) is 4.02. The monoisotopic (exact) mass is 437 g/mol. The Balaban J connectivity index is 2.05. The fourth-order valence-corrected chi connectivity index (χ4v) is 4.51. The number of nitrogens with one attached hydrogen (secondary N) is 1. The van der Waals surface area contributed by atoms with Crippen molar-refractivity contribution in [3.8, 4) is 0 Å². The second-order valence-corrected chi connectivity index (χ2v) is 8.55. The van der Waals surface area contributed by atoms with E-state index in [1.807, 2.05) is 0 Å². The first kappa shape index (κ1) is 23.7. The Morgan fingerprint density at radius 1 is 1.00 bits per heavy atom. The minimum Gasteiger partial charge on any atom is -0.480 e. The molecule has 30 heavy (non-hydrogen) atoms. The van der Waals surface area contributed by atoms with Gasteiger partial charge in [-0.2, -0.15) is 0 Å². The summed E-state index contributed by atoms with van der Waals surface area (Å²) in [4.78, 5) is 24.0. The number of halogens is 1. The third kappa shape index (κ3) is 7.06. The molecule has 0 heterocycles. The van der Waals surface area contributed by atoms with Gasteiger partial charge in [0.1, 0.15) is 11.9 Å². The first-order valence-electron chi connectivity index (χ1n) is 9.51. The van der Waals surface area contributed by atoms with Gasteiger partial charge in [-0.15, -0.1) is 0 Å². The summed E-state index contributed by atoms with van der Waals surface area (Å²) in [6, 6.07) is 10.5. The van der Waals surface area contributed by atoms with E-state index in [1.54, 1.807) is 26.0 Å². The van der Waals surface area contributed by atoms with Crippen LogP contribution in [0.4, 0.5) is 4.39 Å². The van der Waals surface area contributed by atoms with Crippen LogP contribution in [0.15, 0.2) is 48.5 Å². The van der Waals surface area contributed by atoms with Gasteiger partial charge in [0.25, 0.3) is 5.91 Å². The molecule has 0 bridgehead atoms. The lowest BCUT2D eigenvalue weighted by atomic mass is 10.1. The van der Waals surface area contributed by atoms with Crippen LogP contribution in [0, 0.1) is 5.82 Å². The van der Waals surface area contributed by atoms with E-state index in [9.17, 15) is 23.7 Å². The molecule has 162 valence electrons. The minimum absolute atomic E-state index is 0.0192. The maximum absolute atomic E-state index is 13.0. The number of hydrogen-bond donors (Lipinski definition) is 2. The summed E-state index contributed by atoms with van der Waals surface area (Å²) in [5, 5.41) is 11.9. The molecule has 0 saturated carbocycles. The number of carboxylic acids is 1. The minimum atomic E-state index is -3.26. The lowest BCUT2D eigenvalue weighted by molar-refractivity contribution is -0.139. The second kappa shape index (κ2) is 11.0.